The summed E-state index contributed by atoms with van der Waals surface area (Å²) in [6, 6.07) is 50.4. The molecule has 0 bridgehead atoms. The van der Waals surface area contributed by atoms with Crippen molar-refractivity contribution < 1.29 is 164 Å². The summed E-state index contributed by atoms with van der Waals surface area (Å²) in [5.74, 6) is -60.5. The molecule has 130 heavy (non-hydrogen) atoms. The van der Waals surface area contributed by atoms with Crippen LogP contribution in [0.3, 0.4) is 0 Å². The van der Waals surface area contributed by atoms with Gasteiger partial charge in [-0.2, -0.15) is 74.6 Å². The molecular weight excluding hydrogens is 1770 g/mol. The van der Waals surface area contributed by atoms with Gasteiger partial charge in [0.15, 0.2) is 45.5 Å². The van der Waals surface area contributed by atoms with Gasteiger partial charge in [-0.1, -0.05) is 216 Å². The van der Waals surface area contributed by atoms with E-state index in [-0.39, 0.29) is 46.2 Å². The molecule has 0 unspecified atom stereocenters. The number of hydrogen-bond acceptors (Lipinski definition) is 19. The van der Waals surface area contributed by atoms with Crippen LogP contribution in [0.15, 0.2) is 195 Å². The Bertz CT molecular complexity index is 4460. The van der Waals surface area contributed by atoms with E-state index in [0.717, 1.165) is 6.92 Å². The molecule has 0 amide bonds. The van der Waals surface area contributed by atoms with E-state index in [1.54, 1.807) is 179 Å². The molecule has 0 saturated carbocycles. The number of rotatable bonds is 46. The van der Waals surface area contributed by atoms with E-state index < -0.39 is 220 Å². The van der Waals surface area contributed by atoms with Crippen LogP contribution in [-0.2, 0) is 130 Å². The fourth-order valence-electron chi connectivity index (χ4n) is 14.8. The van der Waals surface area contributed by atoms with E-state index >= 15 is 35.1 Å². The molecule has 37 heteroatoms. The summed E-state index contributed by atoms with van der Waals surface area (Å²) >= 11 is 0. The molecule has 0 N–H and O–H groups in total. The van der Waals surface area contributed by atoms with E-state index in [1.807, 2.05) is 30.3 Å². The van der Waals surface area contributed by atoms with Crippen LogP contribution in [0, 0.1) is 10.8 Å². The topological polar surface area (TPSA) is 199 Å². The Kier molecular flexibility index (Phi) is 36.5. The third-order valence-electron chi connectivity index (χ3n) is 22.3. The predicted octanol–water partition coefficient (Wildman–Crippen LogP) is 20.7. The normalized spacial score (nSPS) is 23.8. The largest absolute Gasteiger partial charge is 0.460 e. The van der Waals surface area contributed by atoms with Crippen molar-refractivity contribution in [2.75, 3.05) is 26.4 Å². The van der Waals surface area contributed by atoms with Gasteiger partial charge in [-0.15, -0.1) is 6.58 Å². The summed E-state index contributed by atoms with van der Waals surface area (Å²) < 4.78 is 361. The monoisotopic (exact) mass is 1880 g/mol. The Hall–Kier alpha value is -8.02. The van der Waals surface area contributed by atoms with Crippen molar-refractivity contribution >= 4 is 26.2 Å². The second-order valence-corrected chi connectivity index (χ2v) is 39.7. The average molecular weight is 1880 g/mol. The van der Waals surface area contributed by atoms with Crippen LogP contribution >= 0.6 is 0 Å². The zero-order valence-corrected chi connectivity index (χ0v) is 74.5. The molecule has 0 aromatic heterocycles. The van der Waals surface area contributed by atoms with Gasteiger partial charge in [-0.25, -0.2) is 0 Å². The number of hydrogen-bond donors (Lipinski definition) is 0. The molecule has 3 saturated heterocycles. The first-order valence-corrected chi connectivity index (χ1v) is 44.5. The Morgan fingerprint density at radius 2 is 0.631 bits per heavy atom. The molecule has 3 heterocycles. The quantitative estimate of drug-likeness (QED) is 0.00872. The molecule has 15 atom stereocenters. The summed E-state index contributed by atoms with van der Waals surface area (Å²) in [5, 5.41) is 0. The number of ether oxygens (including phenoxy) is 15. The number of alkyl halides is 17. The van der Waals surface area contributed by atoms with Crippen LogP contribution in [0.5, 0.6) is 0 Å². The first-order valence-electron chi connectivity index (χ1n) is 42.2. The number of halogens is 17. The molecule has 19 nitrogen and oxygen atoms in total. The second kappa shape index (κ2) is 44.9. The zero-order chi connectivity index (χ0) is 95.6. The molecule has 0 radical (unpaired) electrons. The molecule has 3 fully saturated rings. The van der Waals surface area contributed by atoms with E-state index in [2.05, 4.69) is 6.58 Å². The van der Waals surface area contributed by atoms with Gasteiger partial charge in [0.05, 0.1) is 76.9 Å². The van der Waals surface area contributed by atoms with Crippen LogP contribution in [0.2, 0.25) is 17.1 Å². The van der Waals surface area contributed by atoms with Crippen LogP contribution in [-0.4, -0.2) is 192 Å². The SMILES string of the molecule is C=CCCCO[C@@H]1O[C@H](CO[C@H]2O[C@H](CO[C@@H]3O[C@H](CO[Si](CCC(F)(F)C(F)(F)C(F)(F)C(F)(F)C(F)(F)C(F)(F)C(F)(F)C(F)(F)F)(C(C)C)C(C)C)[C@@H](OCc4ccccc4)[C@H](OCc4ccccc4)[C@H]3OC(=O)C(C)(C)C)[C@@H](OCc3ccccc3)[C@H](OCc3ccccc3)[C@@H]2OC(C)=O)[C@@H](OCc2ccccc2)[C@H](OCc2ccccc2)[C@H]1OC(=O)C(C)(C)C. The molecule has 6 aromatic rings. The minimum absolute atomic E-state index is 0.0361. The highest BCUT2D eigenvalue weighted by Crippen LogP contribution is 2.65. The predicted molar refractivity (Wildman–Crippen MR) is 440 cm³/mol. The van der Waals surface area contributed by atoms with Gasteiger partial charge in [0.25, 0.3) is 0 Å². The highest BCUT2D eigenvalue weighted by Gasteiger charge is 2.95. The van der Waals surface area contributed by atoms with E-state index in [9.17, 15) is 53.9 Å². The lowest BCUT2D eigenvalue weighted by Crippen LogP contribution is -2.74. The first kappa shape index (κ1) is 106. The van der Waals surface area contributed by atoms with Gasteiger partial charge in [-0.05, 0) is 105 Å². The van der Waals surface area contributed by atoms with Crippen molar-refractivity contribution in [3.8, 4) is 0 Å². The van der Waals surface area contributed by atoms with Crippen molar-refractivity contribution in [3.05, 3.63) is 228 Å². The maximum absolute atomic E-state index is 16.4. The van der Waals surface area contributed by atoms with E-state index in [1.165, 1.54) is 48.5 Å². The van der Waals surface area contributed by atoms with Crippen molar-refractivity contribution in [1.82, 2.24) is 0 Å². The molecule has 3 aliphatic heterocycles. The third-order valence-corrected chi connectivity index (χ3v) is 27.9. The van der Waals surface area contributed by atoms with Crippen molar-refractivity contribution in [1.29, 1.82) is 0 Å². The number of esters is 3. The summed E-state index contributed by atoms with van der Waals surface area (Å²) in [5.41, 5.74) is -1.37. The van der Waals surface area contributed by atoms with Crippen molar-refractivity contribution in [2.45, 2.75) is 292 Å². The van der Waals surface area contributed by atoms with Crippen LogP contribution in [0.4, 0.5) is 74.6 Å². The number of benzene rings is 6. The summed E-state index contributed by atoms with van der Waals surface area (Å²) in [6.45, 7) is 15.9. The highest BCUT2D eigenvalue weighted by molar-refractivity contribution is 6.76. The Balaban J connectivity index is 1.17. The lowest BCUT2D eigenvalue weighted by atomic mass is 9.88. The molecule has 9 rings (SSSR count). The number of carbonyl (C=O) groups is 3. The molecule has 3 aliphatic rings. The lowest BCUT2D eigenvalue weighted by molar-refractivity contribution is -0.461. The Morgan fingerprint density at radius 3 is 0.908 bits per heavy atom. The fraction of sp³-hybridized carbons (Fsp3) is 0.559. The zero-order valence-electron chi connectivity index (χ0n) is 73.5. The van der Waals surface area contributed by atoms with Crippen molar-refractivity contribution in [2.24, 2.45) is 10.8 Å². The smallest absolute Gasteiger partial charge is 0.454 e. The van der Waals surface area contributed by atoms with Gasteiger partial charge in [0, 0.05) is 13.3 Å². The molecule has 0 spiro atoms. The summed E-state index contributed by atoms with van der Waals surface area (Å²) in [7, 11) is -4.69. The van der Waals surface area contributed by atoms with Crippen LogP contribution in [0.25, 0.3) is 0 Å². The van der Waals surface area contributed by atoms with E-state index in [4.69, 9.17) is 75.5 Å². The van der Waals surface area contributed by atoms with Gasteiger partial charge in [0.2, 0.25) is 0 Å². The Morgan fingerprint density at radius 1 is 0.362 bits per heavy atom. The highest BCUT2D eigenvalue weighted by atomic mass is 28.4. The summed E-state index contributed by atoms with van der Waals surface area (Å²) in [6.07, 6.45) is -31.6. The van der Waals surface area contributed by atoms with Gasteiger partial charge in [-0.3, -0.25) is 14.4 Å². The minimum Gasteiger partial charge on any atom is -0.454 e. The second-order valence-electron chi connectivity index (χ2n) is 34.7. The van der Waals surface area contributed by atoms with Gasteiger partial charge in [0.1, 0.15) is 54.9 Å². The van der Waals surface area contributed by atoms with Crippen molar-refractivity contribution in [3.63, 3.8) is 0 Å². The molecular formula is C93H111F17O19Si. The first-order chi connectivity index (χ1) is 60.9. The maximum Gasteiger partial charge on any atom is 0.460 e. The number of carbonyl (C=O) groups excluding carboxylic acids is 3. The minimum atomic E-state index is -8.84. The summed E-state index contributed by atoms with van der Waals surface area (Å²) in [4.78, 5) is 43.1. The van der Waals surface area contributed by atoms with E-state index in [0.29, 0.717) is 46.2 Å². The average Bonchev–Trinajstić information content (AvgIpc) is 0.692. The molecule has 720 valence electrons. The molecule has 6 aromatic carbocycles. The standard InChI is InChI=1S/C93H111F17O19Si/c1-13-14-33-47-114-79-77(128-82(112)84(7,8)9)74(119-53-65-42-29-19-30-43-65)71(116-50-62-36-23-16-24-37-62)67(125-79)55-121-80-76(124-60(6)111)73(118-52-64-40-27-18-28-41-64)70(115-49-61-34-21-15-22-35-61)68(126-80)56-122-81-78(129-83(113)85(10,11)12)75(120-54-66-44-31-20-32-45-66)72(117-51-63-38-25-17-26-39-63)69(127-81)57-123-130(58(2)3,59(4)5)48-46-86(94,95)87(96,97)88(98,99)89(100,101)90(102,103)91(104,105)92(106,107)93(108,109)110/h13,15-32,34-45,58-59,67-81H,1,14,33,46-57H2,2-12H3/t67-,68-,69-,70-,71-,72-,73+,74+,75+,76+,77-,78-,79-,80+,81-/m1/s1. The number of allylic oxidation sites excluding steroid dienone is 1. The van der Waals surface area contributed by atoms with Crippen LogP contribution < -0.4 is 0 Å². The molecule has 0 aliphatic carbocycles. The van der Waals surface area contributed by atoms with Gasteiger partial charge >= 0.3 is 65.5 Å². The third kappa shape index (κ3) is 25.5. The maximum atomic E-state index is 16.4. The number of unbranched alkanes of at least 4 members (excludes halogenated alkanes) is 1. The fourth-order valence-corrected chi connectivity index (χ4v) is 19.3. The lowest BCUT2D eigenvalue weighted by Gasteiger charge is -2.49. The van der Waals surface area contributed by atoms with Gasteiger partial charge < -0.3 is 75.5 Å². The van der Waals surface area contributed by atoms with Crippen LogP contribution in [0.1, 0.15) is 129 Å². The Labute approximate surface area is 744 Å².